The van der Waals surface area contributed by atoms with Crippen LogP contribution in [0, 0.1) is 0 Å². The Hall–Kier alpha value is -3.87. The number of hydrogen-bond acceptors (Lipinski definition) is 3. The summed E-state index contributed by atoms with van der Waals surface area (Å²) in [6.45, 7) is 0.839. The quantitative estimate of drug-likeness (QED) is 0.343. The van der Waals surface area contributed by atoms with Crippen molar-refractivity contribution in [3.05, 3.63) is 117 Å². The summed E-state index contributed by atoms with van der Waals surface area (Å²) in [7, 11) is 0. The van der Waals surface area contributed by atoms with Gasteiger partial charge in [0, 0.05) is 27.7 Å². The summed E-state index contributed by atoms with van der Waals surface area (Å²) in [4.78, 5) is 39.4. The van der Waals surface area contributed by atoms with Crippen LogP contribution in [0.5, 0.6) is 0 Å². The topological polar surface area (TPSA) is 71.4 Å². The molecule has 0 unspecified atom stereocenters. The van der Waals surface area contributed by atoms with Gasteiger partial charge in [-0.05, 0) is 66.2 Å². The highest BCUT2D eigenvalue weighted by atomic mass is 35.5. The first-order valence-electron chi connectivity index (χ1n) is 10.8. The Labute approximate surface area is 211 Å². The SMILES string of the molecule is O=Cc1ccc2n1Cc1ccccc1N(C(=O)c1ccc(NC(=O)c3ccc(Cl)cc3Cl)cc1)C2. The molecule has 4 aromatic rings. The van der Waals surface area contributed by atoms with Crippen molar-refractivity contribution in [2.75, 3.05) is 10.2 Å². The van der Waals surface area contributed by atoms with Crippen molar-refractivity contribution < 1.29 is 14.4 Å². The average Bonchev–Trinajstić information content (AvgIpc) is 3.15. The lowest BCUT2D eigenvalue weighted by Crippen LogP contribution is -2.30. The second-order valence-corrected chi connectivity index (χ2v) is 8.97. The van der Waals surface area contributed by atoms with Gasteiger partial charge in [0.25, 0.3) is 11.8 Å². The standard InChI is InChI=1S/C27H19Cl2N3O3/c28-19-7-12-23(24(29)13-19)26(34)30-20-8-5-17(6-9-20)27(35)32-15-21-10-11-22(16-33)31(21)14-18-3-1-2-4-25(18)32/h1-13,16H,14-15H2,(H,30,34). The second-order valence-electron chi connectivity index (χ2n) is 8.13. The molecule has 0 saturated carbocycles. The van der Waals surface area contributed by atoms with Crippen LogP contribution >= 0.6 is 23.2 Å². The maximum atomic E-state index is 13.6. The molecule has 0 bridgehead atoms. The molecule has 0 aliphatic carbocycles. The molecule has 0 spiro atoms. The Morgan fingerprint density at radius 3 is 2.40 bits per heavy atom. The molecule has 2 heterocycles. The van der Waals surface area contributed by atoms with Gasteiger partial charge in [-0.1, -0.05) is 41.4 Å². The molecule has 0 atom stereocenters. The third-order valence-electron chi connectivity index (χ3n) is 5.97. The van der Waals surface area contributed by atoms with Crippen LogP contribution in [-0.4, -0.2) is 22.7 Å². The maximum absolute atomic E-state index is 13.6. The number of rotatable bonds is 4. The molecule has 2 amide bonds. The first-order chi connectivity index (χ1) is 16.9. The van der Waals surface area contributed by atoms with Crippen LogP contribution in [-0.2, 0) is 13.1 Å². The molecule has 0 radical (unpaired) electrons. The summed E-state index contributed by atoms with van der Waals surface area (Å²) in [5.74, 6) is -0.558. The van der Waals surface area contributed by atoms with Crippen molar-refractivity contribution in [1.82, 2.24) is 4.57 Å². The molecule has 1 aliphatic heterocycles. The van der Waals surface area contributed by atoms with Crippen molar-refractivity contribution in [1.29, 1.82) is 0 Å². The lowest BCUT2D eigenvalue weighted by Gasteiger charge is -2.23. The van der Waals surface area contributed by atoms with E-state index in [9.17, 15) is 14.4 Å². The zero-order chi connectivity index (χ0) is 24.5. The highest BCUT2D eigenvalue weighted by Gasteiger charge is 2.26. The Morgan fingerprint density at radius 2 is 1.66 bits per heavy atom. The van der Waals surface area contributed by atoms with Gasteiger partial charge < -0.3 is 14.8 Å². The van der Waals surface area contributed by atoms with E-state index in [-0.39, 0.29) is 16.8 Å². The van der Waals surface area contributed by atoms with E-state index in [1.807, 2.05) is 34.9 Å². The predicted molar refractivity (Wildman–Crippen MR) is 137 cm³/mol. The van der Waals surface area contributed by atoms with Crippen LogP contribution in [0.2, 0.25) is 10.0 Å². The van der Waals surface area contributed by atoms with E-state index in [4.69, 9.17) is 23.2 Å². The minimum atomic E-state index is -0.376. The summed E-state index contributed by atoms with van der Waals surface area (Å²) in [5.41, 5.74) is 4.49. The highest BCUT2D eigenvalue weighted by Crippen LogP contribution is 2.30. The number of carbonyl (C=O) groups excluding carboxylic acids is 3. The summed E-state index contributed by atoms with van der Waals surface area (Å²) in [5, 5.41) is 3.48. The lowest BCUT2D eigenvalue weighted by atomic mass is 10.1. The molecule has 174 valence electrons. The van der Waals surface area contributed by atoms with Gasteiger partial charge in [0.1, 0.15) is 0 Å². The van der Waals surface area contributed by atoms with Crippen LogP contribution < -0.4 is 10.2 Å². The molecule has 0 fully saturated rings. The van der Waals surface area contributed by atoms with Gasteiger partial charge in [-0.3, -0.25) is 14.4 Å². The number of para-hydroxylation sites is 1. The summed E-state index contributed by atoms with van der Waals surface area (Å²) in [6.07, 6.45) is 0.827. The van der Waals surface area contributed by atoms with E-state index in [1.54, 1.807) is 47.4 Å². The van der Waals surface area contributed by atoms with Gasteiger partial charge >= 0.3 is 0 Å². The van der Waals surface area contributed by atoms with Crippen molar-refractivity contribution >= 4 is 52.7 Å². The lowest BCUT2D eigenvalue weighted by molar-refractivity contribution is 0.0983. The molecule has 8 heteroatoms. The largest absolute Gasteiger partial charge is 0.336 e. The first kappa shape index (κ1) is 22.9. The monoisotopic (exact) mass is 503 g/mol. The average molecular weight is 504 g/mol. The van der Waals surface area contributed by atoms with Crippen molar-refractivity contribution in [3.8, 4) is 0 Å². The van der Waals surface area contributed by atoms with Gasteiger partial charge in [0.15, 0.2) is 6.29 Å². The minimum absolute atomic E-state index is 0.182. The number of hydrogen-bond donors (Lipinski definition) is 1. The molecule has 35 heavy (non-hydrogen) atoms. The molecule has 5 rings (SSSR count). The predicted octanol–water partition coefficient (Wildman–Crippen LogP) is 6.07. The van der Waals surface area contributed by atoms with Gasteiger partial charge in [0.05, 0.1) is 29.4 Å². The summed E-state index contributed by atoms with van der Waals surface area (Å²) >= 11 is 12.0. The number of aromatic nitrogens is 1. The van der Waals surface area contributed by atoms with E-state index in [2.05, 4.69) is 5.32 Å². The van der Waals surface area contributed by atoms with Crippen LogP contribution in [0.4, 0.5) is 11.4 Å². The van der Waals surface area contributed by atoms with E-state index in [0.717, 1.165) is 23.2 Å². The third kappa shape index (κ3) is 4.46. The molecule has 1 aliphatic rings. The second kappa shape index (κ2) is 9.41. The molecule has 6 nitrogen and oxygen atoms in total. The molecule has 1 aromatic heterocycles. The number of amides is 2. The Bertz CT molecular complexity index is 1460. The number of nitrogens with zero attached hydrogens (tertiary/aromatic N) is 2. The number of aldehydes is 1. The van der Waals surface area contributed by atoms with Gasteiger partial charge in [-0.25, -0.2) is 0 Å². The van der Waals surface area contributed by atoms with Crippen LogP contribution in [0.3, 0.4) is 0 Å². The molecule has 3 aromatic carbocycles. The molecular formula is C27H19Cl2N3O3. The summed E-state index contributed by atoms with van der Waals surface area (Å²) < 4.78 is 1.93. The normalized spacial score (nSPS) is 12.3. The first-order valence-corrected chi connectivity index (χ1v) is 11.6. The van der Waals surface area contributed by atoms with Crippen molar-refractivity contribution in [3.63, 3.8) is 0 Å². The van der Waals surface area contributed by atoms with Gasteiger partial charge in [-0.2, -0.15) is 0 Å². The number of fused-ring (bicyclic) bond motifs is 2. The fraction of sp³-hybridized carbons (Fsp3) is 0.0741. The van der Waals surface area contributed by atoms with Gasteiger partial charge in [-0.15, -0.1) is 0 Å². The summed E-state index contributed by atoms with van der Waals surface area (Å²) in [6, 6.07) is 22.7. The third-order valence-corrected chi connectivity index (χ3v) is 6.52. The smallest absolute Gasteiger partial charge is 0.258 e. The van der Waals surface area contributed by atoms with Crippen LogP contribution in [0.25, 0.3) is 0 Å². The van der Waals surface area contributed by atoms with E-state index in [1.165, 1.54) is 6.07 Å². The number of anilines is 2. The number of benzene rings is 3. The van der Waals surface area contributed by atoms with E-state index < -0.39 is 0 Å². The van der Waals surface area contributed by atoms with Gasteiger partial charge in [0.2, 0.25) is 0 Å². The van der Waals surface area contributed by atoms with Crippen LogP contribution in [0.15, 0.2) is 78.9 Å². The number of nitrogens with one attached hydrogen (secondary N) is 1. The molecule has 0 saturated heterocycles. The minimum Gasteiger partial charge on any atom is -0.336 e. The van der Waals surface area contributed by atoms with Crippen molar-refractivity contribution in [2.24, 2.45) is 0 Å². The highest BCUT2D eigenvalue weighted by molar-refractivity contribution is 6.37. The maximum Gasteiger partial charge on any atom is 0.258 e. The van der Waals surface area contributed by atoms with Crippen LogP contribution in [0.1, 0.15) is 42.5 Å². The van der Waals surface area contributed by atoms with E-state index >= 15 is 0 Å². The Kier molecular flexibility index (Phi) is 6.16. The Balaban J connectivity index is 1.40. The fourth-order valence-electron chi connectivity index (χ4n) is 4.19. The number of carbonyl (C=O) groups is 3. The molecular weight excluding hydrogens is 485 g/mol. The fourth-order valence-corrected chi connectivity index (χ4v) is 4.69. The zero-order valence-electron chi connectivity index (χ0n) is 18.4. The zero-order valence-corrected chi connectivity index (χ0v) is 19.9. The van der Waals surface area contributed by atoms with E-state index in [0.29, 0.717) is 40.6 Å². The number of halogens is 2. The molecule has 1 N–H and O–H groups in total. The van der Waals surface area contributed by atoms with Crippen molar-refractivity contribution in [2.45, 2.75) is 13.1 Å². The Morgan fingerprint density at radius 1 is 0.886 bits per heavy atom.